The Morgan fingerprint density at radius 2 is 1.80 bits per heavy atom. The Kier molecular flexibility index (Phi) is 5.11. The highest BCUT2D eigenvalue weighted by molar-refractivity contribution is 6.76. The van der Waals surface area contributed by atoms with Crippen LogP contribution in [0.4, 0.5) is 0 Å². The molecule has 1 aliphatic carbocycles. The number of carbonyl (C=O) groups is 2. The third-order valence-electron chi connectivity index (χ3n) is 6.67. The van der Waals surface area contributed by atoms with Crippen LogP contribution in [0.15, 0.2) is 24.3 Å². The Hall–Kier alpha value is -2.43. The van der Waals surface area contributed by atoms with Crippen LogP contribution in [-0.4, -0.2) is 43.0 Å². The fourth-order valence-corrected chi connectivity index (χ4v) is 5.83. The van der Waals surface area contributed by atoms with Crippen LogP contribution in [0, 0.1) is 23.2 Å². The number of likely N-dealkylation sites (tertiary alicyclic amines) is 1. The molecule has 0 saturated carbocycles. The molecule has 1 aromatic heterocycles. The van der Waals surface area contributed by atoms with Gasteiger partial charge in [0.1, 0.15) is 6.73 Å². The highest BCUT2D eigenvalue weighted by Gasteiger charge is 2.57. The summed E-state index contributed by atoms with van der Waals surface area (Å²) in [5.74, 6) is -2.32. The molecule has 6 nitrogen and oxygen atoms in total. The maximum atomic E-state index is 12.9. The highest BCUT2D eigenvalue weighted by atomic mass is 28.3. The molecule has 0 bridgehead atoms. The van der Waals surface area contributed by atoms with Crippen LogP contribution in [-0.2, 0) is 21.1 Å². The second kappa shape index (κ2) is 7.36. The molecule has 0 radical (unpaired) electrons. The largest absolute Gasteiger partial charge is 0.361 e. The smallest absolute Gasteiger partial charge is 0.234 e. The number of ether oxygens (including phenoxy) is 1. The lowest BCUT2D eigenvalue weighted by Crippen LogP contribution is -2.34. The number of nitriles is 1. The molecule has 30 heavy (non-hydrogen) atoms. The number of rotatable bonds is 5. The van der Waals surface area contributed by atoms with Gasteiger partial charge in [0.15, 0.2) is 0 Å². The van der Waals surface area contributed by atoms with E-state index in [2.05, 4.69) is 30.3 Å². The van der Waals surface area contributed by atoms with Crippen molar-refractivity contribution in [3.8, 4) is 6.07 Å². The minimum absolute atomic E-state index is 0.163. The molecule has 2 aromatic rings. The van der Waals surface area contributed by atoms with Gasteiger partial charge in [-0.25, -0.2) is 0 Å². The van der Waals surface area contributed by atoms with Crippen LogP contribution in [0.5, 0.6) is 0 Å². The van der Waals surface area contributed by atoms with Crippen molar-refractivity contribution in [3.63, 3.8) is 0 Å². The number of aromatic nitrogens is 1. The fraction of sp³-hybridized carbons (Fsp3) is 0.522. The van der Waals surface area contributed by atoms with E-state index in [9.17, 15) is 14.9 Å². The van der Waals surface area contributed by atoms with Crippen molar-refractivity contribution in [3.05, 3.63) is 35.5 Å². The fourth-order valence-electron chi connectivity index (χ4n) is 5.07. The van der Waals surface area contributed by atoms with Crippen molar-refractivity contribution in [2.45, 2.75) is 51.2 Å². The summed E-state index contributed by atoms with van der Waals surface area (Å²) in [4.78, 5) is 26.9. The predicted molar refractivity (Wildman–Crippen MR) is 118 cm³/mol. The lowest BCUT2D eigenvalue weighted by Gasteiger charge is -2.33. The van der Waals surface area contributed by atoms with E-state index in [1.807, 2.05) is 31.2 Å². The van der Waals surface area contributed by atoms with E-state index in [4.69, 9.17) is 4.74 Å². The Balaban J connectivity index is 1.82. The number of fused-ring (bicyclic) bond motifs is 4. The van der Waals surface area contributed by atoms with Crippen molar-refractivity contribution >= 4 is 30.8 Å². The molecule has 0 spiro atoms. The molecule has 2 heterocycles. The molecule has 0 unspecified atom stereocenters. The summed E-state index contributed by atoms with van der Waals surface area (Å²) in [6.07, 6.45) is 0. The van der Waals surface area contributed by atoms with Gasteiger partial charge in [-0.3, -0.25) is 14.5 Å². The highest BCUT2D eigenvalue weighted by Crippen LogP contribution is 2.53. The molecule has 7 heteroatoms. The third-order valence-corrected chi connectivity index (χ3v) is 8.37. The summed E-state index contributed by atoms with van der Waals surface area (Å²) in [5, 5.41) is 11.0. The minimum atomic E-state index is -1.20. The molecule has 1 aromatic carbocycles. The van der Waals surface area contributed by atoms with Crippen LogP contribution in [0.3, 0.4) is 0 Å². The molecule has 0 N–H and O–H groups in total. The summed E-state index contributed by atoms with van der Waals surface area (Å²) in [6, 6.07) is 11.4. The van der Waals surface area contributed by atoms with Gasteiger partial charge in [-0.2, -0.15) is 5.26 Å². The molecule has 158 valence electrons. The lowest BCUT2D eigenvalue weighted by molar-refractivity contribution is -0.138. The third kappa shape index (κ3) is 3.10. The maximum Gasteiger partial charge on any atom is 0.234 e. The summed E-state index contributed by atoms with van der Waals surface area (Å²) < 4.78 is 8.20. The summed E-state index contributed by atoms with van der Waals surface area (Å²) in [7, 11) is 0.329. The number of hydrogen-bond acceptors (Lipinski definition) is 4. The Morgan fingerprint density at radius 1 is 1.13 bits per heavy atom. The maximum absolute atomic E-state index is 12.9. The molecule has 2 aliphatic rings. The van der Waals surface area contributed by atoms with Crippen molar-refractivity contribution in [2.24, 2.45) is 11.8 Å². The van der Waals surface area contributed by atoms with Gasteiger partial charge in [0.05, 0.1) is 29.3 Å². The van der Waals surface area contributed by atoms with Gasteiger partial charge in [-0.15, -0.1) is 0 Å². The first-order chi connectivity index (χ1) is 14.2. The molecular weight excluding hydrogens is 394 g/mol. The summed E-state index contributed by atoms with van der Waals surface area (Å²) >= 11 is 0. The van der Waals surface area contributed by atoms with Crippen LogP contribution >= 0.6 is 0 Å². The van der Waals surface area contributed by atoms with E-state index in [0.29, 0.717) is 13.3 Å². The zero-order valence-corrected chi connectivity index (χ0v) is 19.3. The standard InChI is InChI=1S/C23H29N3O3Si/c1-14-18-20(23(28)25(2)22(18)27)16(12-24)19-15-8-6-7-9-17(15)26(21(14)19)13-29-10-11-30(3,4)5/h6-9,14,16,18,20H,10-11,13H2,1-5H3/t14-,16-,18-,20+/m1/s1. The molecular formula is C23H29N3O3Si. The number of imide groups is 1. The topological polar surface area (TPSA) is 75.3 Å². The van der Waals surface area contributed by atoms with E-state index in [1.54, 1.807) is 0 Å². The van der Waals surface area contributed by atoms with E-state index in [-0.39, 0.29) is 17.7 Å². The lowest BCUT2D eigenvalue weighted by atomic mass is 9.67. The first kappa shape index (κ1) is 20.8. The monoisotopic (exact) mass is 423 g/mol. The average Bonchev–Trinajstić information content (AvgIpc) is 3.14. The normalized spacial score (nSPS) is 26.1. The number of para-hydroxylation sites is 1. The quantitative estimate of drug-likeness (QED) is 0.415. The van der Waals surface area contributed by atoms with Gasteiger partial charge >= 0.3 is 0 Å². The summed E-state index contributed by atoms with van der Waals surface area (Å²) in [6.45, 7) is 10.1. The Labute approximate surface area is 178 Å². The van der Waals surface area contributed by atoms with E-state index in [1.165, 1.54) is 11.9 Å². The van der Waals surface area contributed by atoms with Crippen molar-refractivity contribution in [2.75, 3.05) is 13.7 Å². The first-order valence-electron chi connectivity index (χ1n) is 10.6. The van der Waals surface area contributed by atoms with Gasteiger partial charge < -0.3 is 9.30 Å². The van der Waals surface area contributed by atoms with Gasteiger partial charge in [0.25, 0.3) is 0 Å². The van der Waals surface area contributed by atoms with E-state index in [0.717, 1.165) is 28.2 Å². The zero-order valence-electron chi connectivity index (χ0n) is 18.3. The number of nitrogens with zero attached hydrogens (tertiary/aromatic N) is 3. The minimum Gasteiger partial charge on any atom is -0.361 e. The van der Waals surface area contributed by atoms with Crippen LogP contribution in [0.2, 0.25) is 25.7 Å². The van der Waals surface area contributed by atoms with Gasteiger partial charge in [-0.05, 0) is 17.7 Å². The van der Waals surface area contributed by atoms with Gasteiger partial charge in [0.2, 0.25) is 11.8 Å². The van der Waals surface area contributed by atoms with Gasteiger partial charge in [-0.1, -0.05) is 44.8 Å². The van der Waals surface area contributed by atoms with Gasteiger partial charge in [0, 0.05) is 38.7 Å². The molecule has 2 amide bonds. The van der Waals surface area contributed by atoms with E-state index < -0.39 is 25.8 Å². The average molecular weight is 424 g/mol. The van der Waals surface area contributed by atoms with E-state index >= 15 is 0 Å². The number of hydrogen-bond donors (Lipinski definition) is 0. The van der Waals surface area contributed by atoms with Crippen molar-refractivity contribution < 1.29 is 14.3 Å². The number of benzene rings is 1. The van der Waals surface area contributed by atoms with Crippen LogP contribution < -0.4 is 0 Å². The first-order valence-corrected chi connectivity index (χ1v) is 14.3. The zero-order chi connectivity index (χ0) is 21.8. The molecule has 1 fully saturated rings. The van der Waals surface area contributed by atoms with Crippen LogP contribution in [0.25, 0.3) is 10.9 Å². The second-order valence-electron chi connectivity index (χ2n) is 9.77. The molecule has 4 atom stereocenters. The Morgan fingerprint density at radius 3 is 2.47 bits per heavy atom. The van der Waals surface area contributed by atoms with Crippen molar-refractivity contribution in [1.82, 2.24) is 9.47 Å². The van der Waals surface area contributed by atoms with Crippen molar-refractivity contribution in [1.29, 1.82) is 5.26 Å². The Bertz CT molecular complexity index is 1060. The number of amides is 2. The molecule has 1 saturated heterocycles. The van der Waals surface area contributed by atoms with Crippen LogP contribution in [0.1, 0.15) is 30.0 Å². The number of carbonyl (C=O) groups excluding carboxylic acids is 2. The summed E-state index contributed by atoms with van der Waals surface area (Å²) in [5.41, 5.74) is 2.86. The second-order valence-corrected chi connectivity index (χ2v) is 15.4. The molecule has 1 aliphatic heterocycles. The molecule has 4 rings (SSSR count). The predicted octanol–water partition coefficient (Wildman–Crippen LogP) is 3.91. The SMILES string of the molecule is C[C@H]1c2c(c3ccccc3n2COCC[Si](C)(C)C)[C@@H](C#N)[C@@H]2C(=O)N(C)C(=O)[C@@H]21.